The molecule has 0 aliphatic rings. The molecule has 1 aromatic carbocycles. The van der Waals surface area contributed by atoms with Gasteiger partial charge in [0.2, 0.25) is 0 Å². The number of carbonyl (C=O) groups excluding carboxylic acids is 1. The Balaban J connectivity index is 2.22. The third-order valence-corrected chi connectivity index (χ3v) is 4.46. The van der Waals surface area contributed by atoms with Crippen molar-refractivity contribution < 1.29 is 14.6 Å². The molecule has 0 saturated heterocycles. The summed E-state index contributed by atoms with van der Waals surface area (Å²) in [7, 11) is 1.19. The second-order valence-corrected chi connectivity index (χ2v) is 6.14. The molecule has 0 atom stereocenters. The molecule has 3 aromatic rings. The van der Waals surface area contributed by atoms with Crippen molar-refractivity contribution >= 4 is 39.3 Å². The molecule has 0 amide bonds. The van der Waals surface area contributed by atoms with E-state index in [1.807, 2.05) is 52.9 Å². The van der Waals surface area contributed by atoms with Crippen LogP contribution in [0.2, 0.25) is 0 Å². The van der Waals surface area contributed by atoms with Crippen LogP contribution in [0.1, 0.15) is 16.1 Å². The minimum Gasteiger partial charge on any atom is -0.505 e. The van der Waals surface area contributed by atoms with Gasteiger partial charge in [0, 0.05) is 11.6 Å². The molecule has 3 rings (SSSR count). The fourth-order valence-electron chi connectivity index (χ4n) is 2.45. The predicted molar refractivity (Wildman–Crippen MR) is 97.3 cm³/mol. The standard InChI is InChI=1S/C17H13IN2O4/c1-24-17(23)13-14(21)12-11(15(18)19-13)7-8-20(16(12)22)9-10-5-3-2-4-6-10/h2-8,21H,9H2,1H3. The van der Waals surface area contributed by atoms with E-state index >= 15 is 0 Å². The van der Waals surface area contributed by atoms with Gasteiger partial charge in [-0.25, -0.2) is 9.78 Å². The van der Waals surface area contributed by atoms with Gasteiger partial charge in [0.1, 0.15) is 3.70 Å². The number of fused-ring (bicyclic) bond motifs is 1. The zero-order valence-electron chi connectivity index (χ0n) is 12.7. The number of benzene rings is 1. The summed E-state index contributed by atoms with van der Waals surface area (Å²) < 4.78 is 6.54. The van der Waals surface area contributed by atoms with Gasteiger partial charge >= 0.3 is 5.97 Å². The molecular formula is C17H13IN2O4. The molecular weight excluding hydrogens is 423 g/mol. The van der Waals surface area contributed by atoms with E-state index in [1.165, 1.54) is 11.7 Å². The van der Waals surface area contributed by atoms with E-state index in [0.29, 0.717) is 15.6 Å². The number of hydrogen-bond donors (Lipinski definition) is 1. The average Bonchev–Trinajstić information content (AvgIpc) is 2.60. The average molecular weight is 436 g/mol. The molecule has 7 heteroatoms. The quantitative estimate of drug-likeness (QED) is 0.388. The van der Waals surface area contributed by atoms with Crippen molar-refractivity contribution in [1.82, 2.24) is 9.55 Å². The van der Waals surface area contributed by atoms with Gasteiger partial charge in [-0.1, -0.05) is 30.3 Å². The molecule has 0 spiro atoms. The fourth-order valence-corrected chi connectivity index (χ4v) is 3.14. The Hall–Kier alpha value is -2.42. The summed E-state index contributed by atoms with van der Waals surface area (Å²) in [6, 6.07) is 11.2. The molecule has 24 heavy (non-hydrogen) atoms. The first kappa shape index (κ1) is 16.4. The molecule has 2 heterocycles. The highest BCUT2D eigenvalue weighted by Crippen LogP contribution is 2.28. The third-order valence-electron chi connectivity index (χ3n) is 3.63. The molecule has 0 radical (unpaired) electrons. The van der Waals surface area contributed by atoms with E-state index in [0.717, 1.165) is 5.56 Å². The van der Waals surface area contributed by atoms with Crippen LogP contribution in [-0.4, -0.2) is 27.7 Å². The lowest BCUT2D eigenvalue weighted by Gasteiger charge is -2.11. The van der Waals surface area contributed by atoms with Gasteiger partial charge in [-0.05, 0) is 34.2 Å². The Kier molecular flexibility index (Phi) is 4.52. The number of ether oxygens (including phenoxy) is 1. The third kappa shape index (κ3) is 2.86. The molecule has 0 aliphatic heterocycles. The highest BCUT2D eigenvalue weighted by molar-refractivity contribution is 14.1. The van der Waals surface area contributed by atoms with Gasteiger partial charge in [-0.3, -0.25) is 4.79 Å². The highest BCUT2D eigenvalue weighted by Gasteiger charge is 2.21. The van der Waals surface area contributed by atoms with Crippen molar-refractivity contribution in [3.63, 3.8) is 0 Å². The van der Waals surface area contributed by atoms with Gasteiger partial charge in [0.15, 0.2) is 11.4 Å². The Morgan fingerprint density at radius 3 is 2.67 bits per heavy atom. The van der Waals surface area contributed by atoms with Crippen LogP contribution in [0.25, 0.3) is 10.8 Å². The second-order valence-electron chi connectivity index (χ2n) is 5.11. The smallest absolute Gasteiger partial charge is 0.360 e. The minimum atomic E-state index is -0.787. The zero-order valence-corrected chi connectivity index (χ0v) is 14.9. The zero-order chi connectivity index (χ0) is 17.3. The summed E-state index contributed by atoms with van der Waals surface area (Å²) in [5.74, 6) is -1.24. The van der Waals surface area contributed by atoms with Crippen LogP contribution >= 0.6 is 22.6 Å². The SMILES string of the molecule is COC(=O)c1nc(I)c2ccn(Cc3ccccc3)c(=O)c2c1O. The topological polar surface area (TPSA) is 81.4 Å². The molecule has 0 unspecified atom stereocenters. The van der Waals surface area contributed by atoms with Crippen LogP contribution in [0.5, 0.6) is 5.75 Å². The first-order chi connectivity index (χ1) is 11.5. The summed E-state index contributed by atoms with van der Waals surface area (Å²) in [6.45, 7) is 0.363. The van der Waals surface area contributed by atoms with Crippen LogP contribution in [0.3, 0.4) is 0 Å². The van der Waals surface area contributed by atoms with E-state index < -0.39 is 11.7 Å². The molecule has 2 aromatic heterocycles. The first-order valence-corrected chi connectivity index (χ1v) is 8.14. The lowest BCUT2D eigenvalue weighted by atomic mass is 10.1. The van der Waals surface area contributed by atoms with Crippen LogP contribution < -0.4 is 5.56 Å². The van der Waals surface area contributed by atoms with Gasteiger partial charge in [0.05, 0.1) is 19.0 Å². The van der Waals surface area contributed by atoms with Crippen LogP contribution in [-0.2, 0) is 11.3 Å². The number of aromatic nitrogens is 2. The second kappa shape index (κ2) is 6.60. The summed E-state index contributed by atoms with van der Waals surface area (Å²) in [5.41, 5.74) is 0.304. The van der Waals surface area contributed by atoms with E-state index in [1.54, 1.807) is 12.3 Å². The number of aromatic hydroxyl groups is 1. The van der Waals surface area contributed by atoms with Crippen molar-refractivity contribution in [3.8, 4) is 5.75 Å². The van der Waals surface area contributed by atoms with E-state index in [4.69, 9.17) is 0 Å². The van der Waals surface area contributed by atoms with Crippen molar-refractivity contribution in [2.75, 3.05) is 7.11 Å². The predicted octanol–water partition coefficient (Wildman–Crippen LogP) is 2.54. The normalized spacial score (nSPS) is 10.8. The molecule has 0 fully saturated rings. The molecule has 6 nitrogen and oxygen atoms in total. The lowest BCUT2D eigenvalue weighted by Crippen LogP contribution is -2.21. The Bertz CT molecular complexity index is 983. The van der Waals surface area contributed by atoms with Crippen molar-refractivity contribution in [1.29, 1.82) is 0 Å². The van der Waals surface area contributed by atoms with E-state index in [9.17, 15) is 14.7 Å². The van der Waals surface area contributed by atoms with Crippen molar-refractivity contribution in [3.05, 3.63) is 67.9 Å². The maximum Gasteiger partial charge on any atom is 0.360 e. The van der Waals surface area contributed by atoms with E-state index in [2.05, 4.69) is 9.72 Å². The highest BCUT2D eigenvalue weighted by atomic mass is 127. The largest absolute Gasteiger partial charge is 0.505 e. The molecule has 0 saturated carbocycles. The van der Waals surface area contributed by atoms with E-state index in [-0.39, 0.29) is 16.6 Å². The number of nitrogens with zero attached hydrogens (tertiary/aromatic N) is 2. The van der Waals surface area contributed by atoms with Gasteiger partial charge < -0.3 is 14.4 Å². The lowest BCUT2D eigenvalue weighted by molar-refractivity contribution is 0.0590. The summed E-state index contributed by atoms with van der Waals surface area (Å²) in [5, 5.41) is 10.9. The Morgan fingerprint density at radius 1 is 1.29 bits per heavy atom. The number of esters is 1. The molecule has 1 N–H and O–H groups in total. The number of rotatable bonds is 3. The minimum absolute atomic E-state index is 0.0632. The van der Waals surface area contributed by atoms with Gasteiger partial charge in [0.25, 0.3) is 5.56 Å². The van der Waals surface area contributed by atoms with Crippen LogP contribution in [0, 0.1) is 3.70 Å². The summed E-state index contributed by atoms with van der Waals surface area (Å²) >= 11 is 1.92. The Morgan fingerprint density at radius 2 is 2.00 bits per heavy atom. The number of hydrogen-bond acceptors (Lipinski definition) is 5. The maximum atomic E-state index is 12.8. The van der Waals surface area contributed by atoms with Crippen molar-refractivity contribution in [2.45, 2.75) is 6.54 Å². The molecule has 0 bridgehead atoms. The summed E-state index contributed by atoms with van der Waals surface area (Å²) in [4.78, 5) is 28.6. The van der Waals surface area contributed by atoms with Gasteiger partial charge in [-0.2, -0.15) is 0 Å². The number of pyridine rings is 2. The number of carbonyl (C=O) groups is 1. The number of methoxy groups -OCH3 is 1. The van der Waals surface area contributed by atoms with Crippen LogP contribution in [0.15, 0.2) is 47.4 Å². The maximum absolute atomic E-state index is 12.8. The molecule has 0 aliphatic carbocycles. The van der Waals surface area contributed by atoms with Gasteiger partial charge in [-0.15, -0.1) is 0 Å². The summed E-state index contributed by atoms with van der Waals surface area (Å²) in [6.07, 6.45) is 1.65. The molecule has 122 valence electrons. The Labute approximate surface area is 150 Å². The monoisotopic (exact) mass is 436 g/mol. The van der Waals surface area contributed by atoms with Crippen LogP contribution in [0.4, 0.5) is 0 Å². The van der Waals surface area contributed by atoms with Crippen molar-refractivity contribution in [2.24, 2.45) is 0 Å². The fraction of sp³-hybridized carbons (Fsp3) is 0.118. The first-order valence-electron chi connectivity index (χ1n) is 7.06. The number of halogens is 1.